The van der Waals surface area contributed by atoms with Crippen molar-refractivity contribution in [3.8, 4) is 0 Å². The molecule has 74 valence electrons. The fourth-order valence-electron chi connectivity index (χ4n) is 1.19. The molecule has 0 atom stereocenters. The zero-order chi connectivity index (χ0) is 10.7. The van der Waals surface area contributed by atoms with Crippen LogP contribution in [0.4, 0.5) is 0 Å². The van der Waals surface area contributed by atoms with Crippen LogP contribution >= 0.6 is 12.6 Å². The SMILES string of the molecule is CC(=O)Cc1cc(S)cc(C(=O)O)c1. The van der Waals surface area contributed by atoms with Gasteiger partial charge in [-0.2, -0.15) is 0 Å². The van der Waals surface area contributed by atoms with E-state index in [4.69, 9.17) is 5.11 Å². The third-order valence-electron chi connectivity index (χ3n) is 1.68. The van der Waals surface area contributed by atoms with Gasteiger partial charge in [0, 0.05) is 11.3 Å². The molecule has 0 bridgehead atoms. The van der Waals surface area contributed by atoms with E-state index < -0.39 is 5.97 Å². The van der Waals surface area contributed by atoms with Crippen LogP contribution in [0.15, 0.2) is 23.1 Å². The van der Waals surface area contributed by atoms with E-state index in [1.807, 2.05) is 0 Å². The molecule has 3 nitrogen and oxygen atoms in total. The summed E-state index contributed by atoms with van der Waals surface area (Å²) in [7, 11) is 0. The lowest BCUT2D eigenvalue weighted by Crippen LogP contribution is -2.01. The second-order valence-corrected chi connectivity index (χ2v) is 3.59. The fraction of sp³-hybridized carbons (Fsp3) is 0.200. The Morgan fingerprint density at radius 2 is 2.00 bits per heavy atom. The third kappa shape index (κ3) is 2.88. The Hall–Kier alpha value is -1.29. The first-order valence-electron chi connectivity index (χ1n) is 4.04. The maximum absolute atomic E-state index is 10.8. The molecule has 14 heavy (non-hydrogen) atoms. The van der Waals surface area contributed by atoms with Gasteiger partial charge in [-0.25, -0.2) is 4.79 Å². The van der Waals surface area contributed by atoms with Crippen molar-refractivity contribution in [1.82, 2.24) is 0 Å². The molecule has 0 spiro atoms. The molecule has 0 unspecified atom stereocenters. The van der Waals surface area contributed by atoms with Gasteiger partial charge in [-0.3, -0.25) is 4.79 Å². The van der Waals surface area contributed by atoms with Gasteiger partial charge in [0.25, 0.3) is 0 Å². The molecule has 0 heterocycles. The van der Waals surface area contributed by atoms with Gasteiger partial charge in [0.1, 0.15) is 5.78 Å². The lowest BCUT2D eigenvalue weighted by Gasteiger charge is -2.02. The van der Waals surface area contributed by atoms with Gasteiger partial charge in [-0.05, 0) is 30.7 Å². The summed E-state index contributed by atoms with van der Waals surface area (Å²) in [6.45, 7) is 1.46. The van der Waals surface area contributed by atoms with E-state index in [9.17, 15) is 9.59 Å². The molecule has 1 aromatic rings. The monoisotopic (exact) mass is 210 g/mol. The Balaban J connectivity index is 3.07. The number of hydrogen-bond donors (Lipinski definition) is 2. The molecule has 0 aromatic heterocycles. The molecule has 0 aliphatic carbocycles. The molecule has 0 aliphatic rings. The molecule has 0 radical (unpaired) electrons. The maximum atomic E-state index is 10.8. The Labute approximate surface area is 87.2 Å². The predicted molar refractivity (Wildman–Crippen MR) is 55.0 cm³/mol. The van der Waals surface area contributed by atoms with Crippen LogP contribution in [0.3, 0.4) is 0 Å². The Morgan fingerprint density at radius 1 is 1.36 bits per heavy atom. The quantitative estimate of drug-likeness (QED) is 0.748. The van der Waals surface area contributed by atoms with Gasteiger partial charge in [0.2, 0.25) is 0 Å². The average Bonchev–Trinajstić information content (AvgIpc) is 2.01. The maximum Gasteiger partial charge on any atom is 0.335 e. The van der Waals surface area contributed by atoms with Crippen LogP contribution in [0.2, 0.25) is 0 Å². The van der Waals surface area contributed by atoms with Gasteiger partial charge in [-0.1, -0.05) is 0 Å². The topological polar surface area (TPSA) is 54.4 Å². The molecule has 1 aromatic carbocycles. The average molecular weight is 210 g/mol. The lowest BCUT2D eigenvalue weighted by atomic mass is 10.1. The highest BCUT2D eigenvalue weighted by atomic mass is 32.1. The minimum atomic E-state index is -1.01. The summed E-state index contributed by atoms with van der Waals surface area (Å²) in [4.78, 5) is 22.1. The van der Waals surface area contributed by atoms with Crippen molar-refractivity contribution in [2.45, 2.75) is 18.2 Å². The van der Waals surface area contributed by atoms with Crippen LogP contribution < -0.4 is 0 Å². The van der Waals surface area contributed by atoms with E-state index in [0.29, 0.717) is 10.5 Å². The number of carbonyl (C=O) groups is 2. The number of carboxylic acids is 1. The molecule has 0 saturated carbocycles. The standard InChI is InChI=1S/C10H10O3S/c1-6(11)2-7-3-8(10(12)13)5-9(14)4-7/h3-5,14H,2H2,1H3,(H,12,13). The van der Waals surface area contributed by atoms with E-state index in [0.717, 1.165) is 0 Å². The van der Waals surface area contributed by atoms with Crippen molar-refractivity contribution in [3.05, 3.63) is 29.3 Å². The van der Waals surface area contributed by atoms with Gasteiger partial charge in [0.15, 0.2) is 0 Å². The molecule has 1 rings (SSSR count). The minimum absolute atomic E-state index is 0.000252. The number of carboxylic acid groups (broad SMARTS) is 1. The number of ketones is 1. The molecule has 1 N–H and O–H groups in total. The first-order valence-corrected chi connectivity index (χ1v) is 4.49. The van der Waals surface area contributed by atoms with Crippen molar-refractivity contribution < 1.29 is 14.7 Å². The van der Waals surface area contributed by atoms with Crippen LogP contribution in [0.5, 0.6) is 0 Å². The summed E-state index contributed by atoms with van der Waals surface area (Å²) >= 11 is 4.07. The van der Waals surface area contributed by atoms with Crippen molar-refractivity contribution in [3.63, 3.8) is 0 Å². The van der Waals surface area contributed by atoms with E-state index >= 15 is 0 Å². The highest BCUT2D eigenvalue weighted by Crippen LogP contribution is 2.14. The lowest BCUT2D eigenvalue weighted by molar-refractivity contribution is -0.116. The first kappa shape index (κ1) is 10.8. The number of benzene rings is 1. The number of hydrogen-bond acceptors (Lipinski definition) is 3. The molecular weight excluding hydrogens is 200 g/mol. The van der Waals surface area contributed by atoms with Crippen LogP contribution in [-0.2, 0) is 11.2 Å². The van der Waals surface area contributed by atoms with Crippen molar-refractivity contribution in [1.29, 1.82) is 0 Å². The van der Waals surface area contributed by atoms with E-state index in [2.05, 4.69) is 12.6 Å². The molecule has 0 saturated heterocycles. The molecular formula is C10H10O3S. The van der Waals surface area contributed by atoms with Crippen LogP contribution in [-0.4, -0.2) is 16.9 Å². The third-order valence-corrected chi connectivity index (χ3v) is 1.94. The zero-order valence-corrected chi connectivity index (χ0v) is 8.54. The number of rotatable bonds is 3. The van der Waals surface area contributed by atoms with Crippen LogP contribution in [0.25, 0.3) is 0 Å². The summed E-state index contributed by atoms with van der Waals surface area (Å²) < 4.78 is 0. The molecule has 0 aliphatic heterocycles. The van der Waals surface area contributed by atoms with Crippen LogP contribution in [0.1, 0.15) is 22.8 Å². The number of thiol groups is 1. The minimum Gasteiger partial charge on any atom is -0.478 e. The first-order chi connectivity index (χ1) is 6.49. The predicted octanol–water partition coefficient (Wildman–Crippen LogP) is 1.80. The Morgan fingerprint density at radius 3 is 2.50 bits per heavy atom. The summed E-state index contributed by atoms with van der Waals surface area (Å²) in [5.41, 5.74) is 0.844. The van der Waals surface area contributed by atoms with Gasteiger partial charge >= 0.3 is 5.97 Å². The Kier molecular flexibility index (Phi) is 3.30. The van der Waals surface area contributed by atoms with Gasteiger partial charge in [-0.15, -0.1) is 12.6 Å². The zero-order valence-electron chi connectivity index (χ0n) is 7.65. The highest BCUT2D eigenvalue weighted by molar-refractivity contribution is 7.80. The number of aromatic carboxylic acids is 1. The molecule has 0 amide bonds. The molecule has 4 heteroatoms. The second-order valence-electron chi connectivity index (χ2n) is 3.07. The van der Waals surface area contributed by atoms with E-state index in [1.54, 1.807) is 6.07 Å². The smallest absolute Gasteiger partial charge is 0.335 e. The number of carbonyl (C=O) groups excluding carboxylic acids is 1. The van der Waals surface area contributed by atoms with Crippen molar-refractivity contribution in [2.75, 3.05) is 0 Å². The Bertz CT molecular complexity index is 385. The molecule has 0 fully saturated rings. The van der Waals surface area contributed by atoms with Crippen molar-refractivity contribution in [2.24, 2.45) is 0 Å². The van der Waals surface area contributed by atoms with Gasteiger partial charge < -0.3 is 5.11 Å². The van der Waals surface area contributed by atoms with Crippen LogP contribution in [0, 0.1) is 0 Å². The van der Waals surface area contributed by atoms with Crippen molar-refractivity contribution >= 4 is 24.4 Å². The summed E-state index contributed by atoms with van der Waals surface area (Å²) in [6, 6.07) is 4.63. The summed E-state index contributed by atoms with van der Waals surface area (Å²) in [5, 5.41) is 8.75. The number of Topliss-reactive ketones (excluding diaryl/α,β-unsaturated/α-hetero) is 1. The fourth-order valence-corrected chi connectivity index (χ4v) is 1.49. The largest absolute Gasteiger partial charge is 0.478 e. The van der Waals surface area contributed by atoms with Gasteiger partial charge in [0.05, 0.1) is 5.56 Å². The normalized spacial score (nSPS) is 9.86. The summed E-state index contributed by atoms with van der Waals surface area (Å²) in [5.74, 6) is -1.01. The second kappa shape index (κ2) is 4.28. The van der Waals surface area contributed by atoms with E-state index in [-0.39, 0.29) is 17.8 Å². The summed E-state index contributed by atoms with van der Waals surface area (Å²) in [6.07, 6.45) is 0.245. The van der Waals surface area contributed by atoms with E-state index in [1.165, 1.54) is 19.1 Å². The highest BCUT2D eigenvalue weighted by Gasteiger charge is 2.06.